The van der Waals surface area contributed by atoms with Gasteiger partial charge < -0.3 is 9.80 Å². The summed E-state index contributed by atoms with van der Waals surface area (Å²) in [5.41, 5.74) is 16.5. The Kier molecular flexibility index (Phi) is 9.43. The molecule has 0 aromatic heterocycles. The van der Waals surface area contributed by atoms with Gasteiger partial charge >= 0.3 is 0 Å². The van der Waals surface area contributed by atoms with E-state index in [1.165, 1.54) is 98.4 Å². The van der Waals surface area contributed by atoms with Crippen LogP contribution in [0.25, 0.3) is 76.1 Å². The lowest BCUT2D eigenvalue weighted by molar-refractivity contribution is 1.27. The third-order valence-electron chi connectivity index (χ3n) is 13.5. The van der Waals surface area contributed by atoms with Crippen LogP contribution in [0.4, 0.5) is 34.1 Å². The Morgan fingerprint density at radius 1 is 0.242 bits per heavy atom. The van der Waals surface area contributed by atoms with E-state index in [-0.39, 0.29) is 0 Å². The molecule has 0 atom stereocenters. The van der Waals surface area contributed by atoms with Crippen molar-refractivity contribution in [2.75, 3.05) is 9.80 Å². The van der Waals surface area contributed by atoms with Gasteiger partial charge in [-0.3, -0.25) is 0 Å². The van der Waals surface area contributed by atoms with Crippen LogP contribution in [-0.4, -0.2) is 0 Å². The topological polar surface area (TPSA) is 6.48 Å². The first kappa shape index (κ1) is 39.4. The summed E-state index contributed by atoms with van der Waals surface area (Å²) in [6.45, 7) is 8.75. The Morgan fingerprint density at radius 3 is 0.924 bits per heavy atom. The smallest absolute Gasteiger partial charge is 0.0546 e. The van der Waals surface area contributed by atoms with Gasteiger partial charge in [-0.25, -0.2) is 0 Å². The molecule has 0 spiro atoms. The molecule has 12 aromatic carbocycles. The third kappa shape index (κ3) is 6.56. The summed E-state index contributed by atoms with van der Waals surface area (Å²) in [5.74, 6) is 0. The van der Waals surface area contributed by atoms with Crippen LogP contribution < -0.4 is 9.80 Å². The summed E-state index contributed by atoms with van der Waals surface area (Å²) in [6, 6.07) is 81.5. The van der Waals surface area contributed by atoms with Crippen LogP contribution in [0.1, 0.15) is 22.3 Å². The summed E-state index contributed by atoms with van der Waals surface area (Å²) in [7, 11) is 0. The molecule has 0 saturated carbocycles. The Hall–Kier alpha value is -8.20. The Labute approximate surface area is 386 Å². The second kappa shape index (κ2) is 15.8. The summed E-state index contributed by atoms with van der Waals surface area (Å²) in [6.07, 6.45) is 0. The van der Waals surface area contributed by atoms with E-state index in [9.17, 15) is 0 Å². The molecular weight excluding hydrogens is 797 g/mol. The molecule has 2 nitrogen and oxygen atoms in total. The maximum absolute atomic E-state index is 2.48. The van der Waals surface area contributed by atoms with Crippen LogP contribution in [0.5, 0.6) is 0 Å². The fourth-order valence-electron chi connectivity index (χ4n) is 10.6. The molecule has 0 unspecified atom stereocenters. The fraction of sp³-hybridized carbons (Fsp3) is 0.0625. The lowest BCUT2D eigenvalue weighted by atomic mass is 9.84. The average molecular weight is 845 g/mol. The van der Waals surface area contributed by atoms with Crippen LogP contribution in [0.2, 0.25) is 0 Å². The van der Waals surface area contributed by atoms with Crippen molar-refractivity contribution in [2.45, 2.75) is 27.7 Å². The molecule has 0 radical (unpaired) electrons. The van der Waals surface area contributed by atoms with Gasteiger partial charge in [-0.2, -0.15) is 0 Å². The molecule has 66 heavy (non-hydrogen) atoms. The molecule has 0 saturated heterocycles. The van der Waals surface area contributed by atoms with Crippen molar-refractivity contribution in [1.82, 2.24) is 0 Å². The largest absolute Gasteiger partial charge is 0.310 e. The summed E-state index contributed by atoms with van der Waals surface area (Å²) >= 11 is 0. The van der Waals surface area contributed by atoms with Crippen LogP contribution >= 0.6 is 0 Å². The van der Waals surface area contributed by atoms with E-state index in [4.69, 9.17) is 0 Å². The maximum Gasteiger partial charge on any atom is 0.0546 e. The minimum Gasteiger partial charge on any atom is -0.310 e. The minimum atomic E-state index is 1.13. The van der Waals surface area contributed by atoms with Crippen molar-refractivity contribution in [1.29, 1.82) is 0 Å². The molecule has 12 aromatic rings. The quantitative estimate of drug-likeness (QED) is 0.141. The number of fused-ring (bicyclic) bond motifs is 2. The van der Waals surface area contributed by atoms with Crippen LogP contribution in [0.15, 0.2) is 218 Å². The number of aryl methyl sites for hydroxylation is 4. The van der Waals surface area contributed by atoms with Gasteiger partial charge in [0.15, 0.2) is 0 Å². The Bertz CT molecular complexity index is 3490. The molecular formula is C64H48N2. The molecule has 0 aliphatic carbocycles. The van der Waals surface area contributed by atoms with E-state index in [2.05, 4.69) is 256 Å². The first-order valence-corrected chi connectivity index (χ1v) is 23.0. The van der Waals surface area contributed by atoms with Gasteiger partial charge in [0.25, 0.3) is 0 Å². The predicted molar refractivity (Wildman–Crippen MR) is 284 cm³/mol. The molecule has 0 bridgehead atoms. The van der Waals surface area contributed by atoms with E-state index >= 15 is 0 Å². The normalized spacial score (nSPS) is 11.6. The van der Waals surface area contributed by atoms with Gasteiger partial charge in [0.05, 0.1) is 11.4 Å². The summed E-state index contributed by atoms with van der Waals surface area (Å²) in [4.78, 5) is 4.97. The van der Waals surface area contributed by atoms with E-state index in [0.29, 0.717) is 0 Å². The van der Waals surface area contributed by atoms with Gasteiger partial charge in [-0.1, -0.05) is 158 Å². The van der Waals surface area contributed by atoms with E-state index in [1.807, 2.05) is 0 Å². The van der Waals surface area contributed by atoms with E-state index in [1.54, 1.807) is 0 Å². The van der Waals surface area contributed by atoms with Crippen molar-refractivity contribution in [2.24, 2.45) is 0 Å². The second-order valence-corrected chi connectivity index (χ2v) is 18.0. The number of hydrogen-bond acceptors (Lipinski definition) is 2. The molecule has 0 N–H and O–H groups in total. The van der Waals surface area contributed by atoms with Crippen LogP contribution in [0.3, 0.4) is 0 Å². The highest BCUT2D eigenvalue weighted by atomic mass is 15.2. The van der Waals surface area contributed by atoms with E-state index < -0.39 is 0 Å². The second-order valence-electron chi connectivity index (χ2n) is 18.0. The molecule has 0 aliphatic heterocycles. The van der Waals surface area contributed by atoms with Crippen molar-refractivity contribution < 1.29 is 0 Å². The first-order valence-electron chi connectivity index (χ1n) is 23.0. The summed E-state index contributed by atoms with van der Waals surface area (Å²) in [5, 5.41) is 12.3. The molecule has 0 amide bonds. The lowest BCUT2D eigenvalue weighted by Gasteiger charge is -2.31. The van der Waals surface area contributed by atoms with Crippen molar-refractivity contribution in [3.8, 4) is 22.3 Å². The van der Waals surface area contributed by atoms with Gasteiger partial charge in [-0.15, -0.1) is 0 Å². The number of hydrogen-bond donors (Lipinski definition) is 0. The third-order valence-corrected chi connectivity index (χ3v) is 13.5. The fourth-order valence-corrected chi connectivity index (χ4v) is 10.6. The van der Waals surface area contributed by atoms with Crippen molar-refractivity contribution in [3.63, 3.8) is 0 Å². The zero-order chi connectivity index (χ0) is 44.5. The first-order chi connectivity index (χ1) is 32.4. The monoisotopic (exact) mass is 844 g/mol. The molecule has 0 heterocycles. The average Bonchev–Trinajstić information content (AvgIpc) is 3.34. The Balaban J connectivity index is 1.29. The lowest BCUT2D eigenvalue weighted by Crippen LogP contribution is -2.12. The molecule has 2 heteroatoms. The Morgan fingerprint density at radius 2 is 0.561 bits per heavy atom. The van der Waals surface area contributed by atoms with Crippen LogP contribution in [-0.2, 0) is 0 Å². The van der Waals surface area contributed by atoms with Gasteiger partial charge in [0, 0.05) is 44.3 Å². The predicted octanol–water partition coefficient (Wildman–Crippen LogP) is 18.4. The molecule has 0 aliphatic rings. The highest BCUT2D eigenvalue weighted by molar-refractivity contribution is 6.33. The standard InChI is InChI=1S/C64H48N2/c1-41-15-9-23-47(35-41)65(48-24-10-16-42(2)36-48)61-39-59(53-29-13-21-45-19-5-7-27-51(45)53)55-32-34-58-62(66(49-25-11-17-43(3)37-49)50-26-12-18-44(4)38-50)40-60(56-31-33-57(61)63(55)64(56)58)54-30-14-22-46-20-6-8-28-52(46)54/h5-40H,1-4H3. The van der Waals surface area contributed by atoms with Gasteiger partial charge in [0.2, 0.25) is 0 Å². The van der Waals surface area contributed by atoms with Gasteiger partial charge in [0.1, 0.15) is 0 Å². The molecule has 0 fully saturated rings. The highest BCUT2D eigenvalue weighted by Gasteiger charge is 2.26. The maximum atomic E-state index is 2.48. The van der Waals surface area contributed by atoms with Crippen molar-refractivity contribution >= 4 is 88.0 Å². The summed E-state index contributed by atoms with van der Waals surface area (Å²) < 4.78 is 0. The number of rotatable bonds is 8. The molecule has 314 valence electrons. The number of anilines is 6. The van der Waals surface area contributed by atoms with Crippen LogP contribution in [0, 0.1) is 27.7 Å². The highest BCUT2D eigenvalue weighted by Crippen LogP contribution is 2.53. The zero-order valence-electron chi connectivity index (χ0n) is 37.7. The number of nitrogens with zero attached hydrogens (tertiary/aromatic N) is 2. The van der Waals surface area contributed by atoms with Crippen molar-refractivity contribution in [3.05, 3.63) is 241 Å². The minimum absolute atomic E-state index is 1.13. The number of benzene rings is 12. The van der Waals surface area contributed by atoms with E-state index in [0.717, 1.165) is 34.1 Å². The zero-order valence-corrected chi connectivity index (χ0v) is 37.7. The SMILES string of the molecule is Cc1cccc(N(c2cccc(C)c2)c2cc(-c3cccc4ccccc34)c3ccc4c(N(c5cccc(C)c5)c5cccc(C)c5)cc(-c5cccc6ccccc56)c5ccc2c3c54)c1. The molecule has 12 rings (SSSR count). The van der Waals surface area contributed by atoms with Gasteiger partial charge in [-0.05, 0) is 165 Å².